The molecule has 2 aromatic carbocycles. The number of carbonyl (C=O) groups is 3. The average Bonchev–Trinajstić information content (AvgIpc) is 3.16. The van der Waals surface area contributed by atoms with Crippen molar-refractivity contribution in [2.75, 3.05) is 37.4 Å². The van der Waals surface area contributed by atoms with Crippen molar-refractivity contribution in [1.29, 1.82) is 0 Å². The molecule has 1 aliphatic rings. The van der Waals surface area contributed by atoms with E-state index in [1.54, 1.807) is 67.1 Å². The summed E-state index contributed by atoms with van der Waals surface area (Å²) in [6.45, 7) is 1.11. The largest absolute Gasteiger partial charge is 0.369 e. The van der Waals surface area contributed by atoms with Crippen LogP contribution in [0.5, 0.6) is 0 Å². The van der Waals surface area contributed by atoms with Gasteiger partial charge in [-0.15, -0.1) is 0 Å². The molecular weight excluding hydrogens is 437 g/mol. The zero-order valence-corrected chi connectivity index (χ0v) is 19.5. The number of hydrogen-bond donors (Lipinski definition) is 2. The molecule has 0 aliphatic carbocycles. The lowest BCUT2D eigenvalue weighted by atomic mass is 9.95. The van der Waals surface area contributed by atoms with E-state index in [2.05, 4.69) is 5.32 Å². The van der Waals surface area contributed by atoms with Crippen LogP contribution in [0.1, 0.15) is 33.6 Å². The minimum absolute atomic E-state index is 0.0627. The van der Waals surface area contributed by atoms with E-state index in [0.29, 0.717) is 42.8 Å². The number of amides is 3. The Hall–Kier alpha value is -3.88. The predicted octanol–water partition coefficient (Wildman–Crippen LogP) is 2.97. The highest BCUT2D eigenvalue weighted by atomic mass is 19.1. The Bertz CT molecular complexity index is 1280. The van der Waals surface area contributed by atoms with Gasteiger partial charge in [-0.05, 0) is 43.2 Å². The van der Waals surface area contributed by atoms with Gasteiger partial charge in [0.25, 0.3) is 5.91 Å². The summed E-state index contributed by atoms with van der Waals surface area (Å²) in [5.74, 6) is -1.52. The number of primary amides is 1. The van der Waals surface area contributed by atoms with Gasteiger partial charge in [0.15, 0.2) is 5.82 Å². The van der Waals surface area contributed by atoms with Gasteiger partial charge < -0.3 is 25.4 Å². The molecule has 0 unspecified atom stereocenters. The average molecular weight is 466 g/mol. The van der Waals surface area contributed by atoms with E-state index in [-0.39, 0.29) is 28.3 Å². The molecule has 1 saturated heterocycles. The molecule has 9 heteroatoms. The summed E-state index contributed by atoms with van der Waals surface area (Å²) >= 11 is 0. The van der Waals surface area contributed by atoms with Crippen LogP contribution in [0.15, 0.2) is 42.6 Å². The van der Waals surface area contributed by atoms with Gasteiger partial charge in [-0.1, -0.05) is 6.07 Å². The third kappa shape index (κ3) is 4.33. The van der Waals surface area contributed by atoms with E-state index < -0.39 is 17.6 Å². The molecule has 8 nitrogen and oxygen atoms in total. The number of benzene rings is 2. The minimum atomic E-state index is -0.604. The summed E-state index contributed by atoms with van der Waals surface area (Å²) in [4.78, 5) is 40.3. The van der Waals surface area contributed by atoms with Gasteiger partial charge in [0, 0.05) is 57.6 Å². The van der Waals surface area contributed by atoms with Gasteiger partial charge in [0.1, 0.15) is 0 Å². The summed E-state index contributed by atoms with van der Waals surface area (Å²) in [5, 5.41) is 2.96. The fourth-order valence-electron chi connectivity index (χ4n) is 4.53. The first-order chi connectivity index (χ1) is 16.2. The van der Waals surface area contributed by atoms with E-state index in [9.17, 15) is 14.4 Å². The van der Waals surface area contributed by atoms with Crippen LogP contribution < -0.4 is 16.0 Å². The molecular formula is C25H28FN5O3. The highest BCUT2D eigenvalue weighted by molar-refractivity contribution is 6.14. The Morgan fingerprint density at radius 2 is 1.82 bits per heavy atom. The number of fused-ring (bicyclic) bond motifs is 1. The molecule has 178 valence electrons. The smallest absolute Gasteiger partial charge is 0.257 e. The number of nitrogens with one attached hydrogen (secondary N) is 1. The number of rotatable bonds is 5. The molecule has 4 rings (SSSR count). The Balaban J connectivity index is 1.62. The lowest BCUT2D eigenvalue weighted by molar-refractivity contribution is -0.133. The van der Waals surface area contributed by atoms with Crippen molar-refractivity contribution in [1.82, 2.24) is 9.47 Å². The van der Waals surface area contributed by atoms with Gasteiger partial charge in [0.05, 0.1) is 22.2 Å². The lowest BCUT2D eigenvalue weighted by Crippen LogP contribution is -2.40. The van der Waals surface area contributed by atoms with Crippen molar-refractivity contribution in [3.63, 3.8) is 0 Å². The maximum atomic E-state index is 15.8. The summed E-state index contributed by atoms with van der Waals surface area (Å²) in [6, 6.07) is 9.81. The summed E-state index contributed by atoms with van der Waals surface area (Å²) < 4.78 is 17.5. The van der Waals surface area contributed by atoms with Gasteiger partial charge in [0.2, 0.25) is 11.8 Å². The molecule has 0 radical (unpaired) electrons. The third-order valence-electron chi connectivity index (χ3n) is 6.35. The van der Waals surface area contributed by atoms with Crippen molar-refractivity contribution in [3.05, 3.63) is 59.5 Å². The van der Waals surface area contributed by atoms with E-state index in [1.165, 1.54) is 6.07 Å². The molecule has 0 bridgehead atoms. The van der Waals surface area contributed by atoms with Crippen LogP contribution in [-0.2, 0) is 11.8 Å². The number of halogens is 1. The van der Waals surface area contributed by atoms with Crippen molar-refractivity contribution in [2.24, 2.45) is 18.7 Å². The van der Waals surface area contributed by atoms with E-state index >= 15 is 4.39 Å². The molecule has 0 atom stereocenters. The molecule has 34 heavy (non-hydrogen) atoms. The van der Waals surface area contributed by atoms with Crippen molar-refractivity contribution >= 4 is 40.0 Å². The highest BCUT2D eigenvalue weighted by Gasteiger charge is 2.28. The van der Waals surface area contributed by atoms with Crippen molar-refractivity contribution in [2.45, 2.75) is 12.8 Å². The Kier molecular flexibility index (Phi) is 6.28. The highest BCUT2D eigenvalue weighted by Crippen LogP contribution is 2.33. The fourth-order valence-corrected chi connectivity index (χ4v) is 4.53. The zero-order valence-electron chi connectivity index (χ0n) is 19.5. The fraction of sp³-hybridized carbons (Fsp3) is 0.320. The maximum absolute atomic E-state index is 15.8. The first kappa shape index (κ1) is 23.3. The number of anilines is 2. The predicted molar refractivity (Wildman–Crippen MR) is 129 cm³/mol. The van der Waals surface area contributed by atoms with Crippen LogP contribution in [-0.4, -0.2) is 54.4 Å². The molecule has 0 saturated carbocycles. The number of carbonyl (C=O) groups excluding carboxylic acids is 3. The number of hydrogen-bond acceptors (Lipinski definition) is 4. The molecule has 1 fully saturated rings. The zero-order chi connectivity index (χ0) is 24.6. The topological polar surface area (TPSA) is 101 Å². The molecule has 1 aromatic heterocycles. The molecule has 2 heterocycles. The van der Waals surface area contributed by atoms with E-state index in [1.807, 2.05) is 4.90 Å². The Morgan fingerprint density at radius 3 is 2.47 bits per heavy atom. The maximum Gasteiger partial charge on any atom is 0.257 e. The number of nitrogens with zero attached hydrogens (tertiary/aromatic N) is 3. The normalized spacial score (nSPS) is 14.3. The second-order valence-electron chi connectivity index (χ2n) is 8.84. The SMILES string of the molecule is CN(C)C(=O)C1CCN(c2ccc3c(c(C(=O)Nc4cccc(C(N)=O)c4)cn3C)c2F)CC1. The monoisotopic (exact) mass is 465 g/mol. The summed E-state index contributed by atoms with van der Waals surface area (Å²) in [6.07, 6.45) is 2.88. The molecule has 3 amide bonds. The number of aromatic nitrogens is 1. The van der Waals surface area contributed by atoms with Gasteiger partial charge >= 0.3 is 0 Å². The van der Waals surface area contributed by atoms with Crippen LogP contribution in [0.25, 0.3) is 10.9 Å². The number of piperidine rings is 1. The minimum Gasteiger partial charge on any atom is -0.369 e. The van der Waals surface area contributed by atoms with Gasteiger partial charge in [-0.25, -0.2) is 4.39 Å². The molecule has 0 spiro atoms. The van der Waals surface area contributed by atoms with Gasteiger partial charge in [-0.3, -0.25) is 14.4 Å². The van der Waals surface area contributed by atoms with Crippen LogP contribution in [0.3, 0.4) is 0 Å². The molecule has 3 aromatic rings. The van der Waals surface area contributed by atoms with Crippen molar-refractivity contribution < 1.29 is 18.8 Å². The summed E-state index contributed by atoms with van der Waals surface area (Å²) in [5.41, 5.74) is 7.18. The van der Waals surface area contributed by atoms with Gasteiger partial charge in [-0.2, -0.15) is 0 Å². The first-order valence-corrected chi connectivity index (χ1v) is 11.1. The van der Waals surface area contributed by atoms with Crippen molar-refractivity contribution in [3.8, 4) is 0 Å². The first-order valence-electron chi connectivity index (χ1n) is 11.1. The standard InChI is InChI=1S/C25H28FN5O3/c1-29(2)25(34)15-9-11-31(12-10-15)20-8-7-19-21(22(20)26)18(14-30(19)3)24(33)28-17-6-4-5-16(13-17)23(27)32/h4-8,13-15H,9-12H2,1-3H3,(H2,27,32)(H,28,33). The van der Waals surface area contributed by atoms with Crippen LogP contribution in [0.2, 0.25) is 0 Å². The number of aryl methyl sites for hydroxylation is 1. The Labute approximate surface area is 197 Å². The summed E-state index contributed by atoms with van der Waals surface area (Å²) in [7, 11) is 5.24. The quantitative estimate of drug-likeness (QED) is 0.605. The third-order valence-corrected chi connectivity index (χ3v) is 6.35. The second-order valence-corrected chi connectivity index (χ2v) is 8.84. The lowest BCUT2D eigenvalue weighted by Gasteiger charge is -2.34. The van der Waals surface area contributed by atoms with E-state index in [0.717, 1.165) is 0 Å². The second kappa shape index (κ2) is 9.17. The Morgan fingerprint density at radius 1 is 1.12 bits per heavy atom. The van der Waals surface area contributed by atoms with Crippen LogP contribution >= 0.6 is 0 Å². The van der Waals surface area contributed by atoms with E-state index in [4.69, 9.17) is 5.73 Å². The molecule has 3 N–H and O–H groups in total. The van der Waals surface area contributed by atoms with Crippen LogP contribution in [0.4, 0.5) is 15.8 Å². The molecule has 1 aliphatic heterocycles. The number of nitrogens with two attached hydrogens (primary N) is 1. The van der Waals surface area contributed by atoms with Crippen LogP contribution in [0, 0.1) is 11.7 Å².